The Morgan fingerprint density at radius 1 is 1.20 bits per heavy atom. The van der Waals surface area contributed by atoms with Crippen molar-refractivity contribution in [2.75, 3.05) is 6.61 Å². The molecule has 4 nitrogen and oxygen atoms in total. The molecule has 158 valence electrons. The van der Waals surface area contributed by atoms with Crippen molar-refractivity contribution in [3.63, 3.8) is 0 Å². The van der Waals surface area contributed by atoms with Crippen molar-refractivity contribution in [3.05, 3.63) is 63.9 Å². The topological polar surface area (TPSA) is 58.6 Å². The first-order valence-electron chi connectivity index (χ1n) is 10.6. The van der Waals surface area contributed by atoms with Crippen LogP contribution in [0.4, 0.5) is 0 Å². The highest BCUT2D eigenvalue weighted by Crippen LogP contribution is 2.44. The summed E-state index contributed by atoms with van der Waals surface area (Å²) in [5, 5.41) is 15.1. The smallest absolute Gasteiger partial charge is 0.256 e. The van der Waals surface area contributed by atoms with Crippen molar-refractivity contribution >= 4 is 23.1 Å². The minimum absolute atomic E-state index is 0.0492. The van der Waals surface area contributed by atoms with E-state index in [0.717, 1.165) is 47.1 Å². The zero-order chi connectivity index (χ0) is 21.5. The molecule has 2 unspecified atom stereocenters. The molecule has 2 N–H and O–H groups in total. The van der Waals surface area contributed by atoms with Gasteiger partial charge in [-0.3, -0.25) is 4.79 Å². The van der Waals surface area contributed by atoms with Crippen molar-refractivity contribution in [1.82, 2.24) is 5.32 Å². The summed E-state index contributed by atoms with van der Waals surface area (Å²) in [7, 11) is 0. The fourth-order valence-electron chi connectivity index (χ4n) is 5.02. The summed E-state index contributed by atoms with van der Waals surface area (Å²) >= 11 is 6.05. The maximum atomic E-state index is 13.1. The second kappa shape index (κ2) is 8.09. The van der Waals surface area contributed by atoms with Crippen LogP contribution in [0.15, 0.2) is 42.2 Å². The molecule has 5 heteroatoms. The molecule has 1 heterocycles. The Labute approximate surface area is 182 Å². The Kier molecular flexibility index (Phi) is 5.65. The van der Waals surface area contributed by atoms with Gasteiger partial charge in [0.05, 0.1) is 11.7 Å². The zero-order valence-electron chi connectivity index (χ0n) is 17.7. The SMILES string of the molecule is CCOC1CCCC2(C1)NC(=O)C(c1c(C)ccc(-c3ccc(Cl)cc3)c1C)=C2O. The fraction of sp³-hybridized carbons (Fsp3) is 0.400. The molecular weight excluding hydrogens is 398 g/mol. The predicted molar refractivity (Wildman–Crippen MR) is 121 cm³/mol. The van der Waals surface area contributed by atoms with Crippen LogP contribution in [0.1, 0.15) is 49.3 Å². The normalized spacial score (nSPS) is 23.9. The van der Waals surface area contributed by atoms with Crippen molar-refractivity contribution in [2.24, 2.45) is 0 Å². The highest BCUT2D eigenvalue weighted by Gasteiger charge is 2.49. The molecule has 1 spiro atoms. The summed E-state index contributed by atoms with van der Waals surface area (Å²) in [4.78, 5) is 13.1. The number of aliphatic hydroxyl groups excluding tert-OH is 1. The number of halogens is 1. The van der Waals surface area contributed by atoms with E-state index < -0.39 is 5.54 Å². The van der Waals surface area contributed by atoms with E-state index in [0.29, 0.717) is 23.6 Å². The van der Waals surface area contributed by atoms with Gasteiger partial charge < -0.3 is 15.2 Å². The number of carbonyl (C=O) groups excluding carboxylic acids is 1. The molecule has 1 saturated carbocycles. The molecule has 2 atom stereocenters. The standard InChI is InChI=1S/C25H28ClNO3/c1-4-30-19-6-5-13-25(14-19)23(28)22(24(29)27-25)21-15(2)7-12-20(16(21)3)17-8-10-18(26)11-9-17/h7-12,19,28H,4-6,13-14H2,1-3H3,(H,27,29). The summed E-state index contributed by atoms with van der Waals surface area (Å²) in [5.74, 6) is -0.0412. The third kappa shape index (κ3) is 3.52. The average molecular weight is 426 g/mol. The molecule has 2 aromatic carbocycles. The number of aliphatic hydroxyl groups is 1. The molecule has 1 amide bonds. The van der Waals surface area contributed by atoms with E-state index in [4.69, 9.17) is 16.3 Å². The fourth-order valence-corrected chi connectivity index (χ4v) is 5.15. The first kappa shape index (κ1) is 21.0. The van der Waals surface area contributed by atoms with Crippen molar-refractivity contribution in [3.8, 4) is 11.1 Å². The van der Waals surface area contributed by atoms with Gasteiger partial charge in [-0.15, -0.1) is 0 Å². The summed E-state index contributed by atoms with van der Waals surface area (Å²) < 4.78 is 5.83. The monoisotopic (exact) mass is 425 g/mol. The number of hydrogen-bond acceptors (Lipinski definition) is 3. The molecule has 2 aromatic rings. The predicted octanol–water partition coefficient (Wildman–Crippen LogP) is 5.74. The Morgan fingerprint density at radius 2 is 1.93 bits per heavy atom. The van der Waals surface area contributed by atoms with E-state index >= 15 is 0 Å². The Morgan fingerprint density at radius 3 is 2.63 bits per heavy atom. The molecule has 4 rings (SSSR count). The number of amides is 1. The van der Waals surface area contributed by atoms with Crippen LogP contribution in [0.2, 0.25) is 5.02 Å². The van der Waals surface area contributed by atoms with Crippen LogP contribution in [-0.4, -0.2) is 29.3 Å². The lowest BCUT2D eigenvalue weighted by Gasteiger charge is -2.37. The maximum absolute atomic E-state index is 13.1. The molecule has 2 aliphatic rings. The zero-order valence-corrected chi connectivity index (χ0v) is 18.5. The van der Waals surface area contributed by atoms with E-state index in [-0.39, 0.29) is 17.8 Å². The number of hydrogen-bond donors (Lipinski definition) is 2. The molecule has 0 saturated heterocycles. The van der Waals surface area contributed by atoms with Crippen LogP contribution in [0.5, 0.6) is 0 Å². The first-order chi connectivity index (χ1) is 14.4. The number of aryl methyl sites for hydroxylation is 1. The van der Waals surface area contributed by atoms with E-state index in [9.17, 15) is 9.90 Å². The number of carbonyl (C=O) groups is 1. The highest BCUT2D eigenvalue weighted by molar-refractivity contribution is 6.30. The van der Waals surface area contributed by atoms with Gasteiger partial charge in [-0.2, -0.15) is 0 Å². The molecule has 1 aliphatic carbocycles. The van der Waals surface area contributed by atoms with Crippen LogP contribution in [0.25, 0.3) is 16.7 Å². The van der Waals surface area contributed by atoms with Gasteiger partial charge in [0, 0.05) is 18.1 Å². The van der Waals surface area contributed by atoms with Gasteiger partial charge in [0.25, 0.3) is 5.91 Å². The van der Waals surface area contributed by atoms with Gasteiger partial charge in [-0.1, -0.05) is 35.9 Å². The van der Waals surface area contributed by atoms with E-state index in [1.54, 1.807) is 0 Å². The lowest BCUT2D eigenvalue weighted by molar-refractivity contribution is -0.117. The van der Waals surface area contributed by atoms with E-state index in [1.165, 1.54) is 0 Å². The van der Waals surface area contributed by atoms with Gasteiger partial charge >= 0.3 is 0 Å². The third-order valence-electron chi connectivity index (χ3n) is 6.46. The van der Waals surface area contributed by atoms with Crippen molar-refractivity contribution < 1.29 is 14.6 Å². The summed E-state index contributed by atoms with van der Waals surface area (Å²) in [5.41, 5.74) is 4.49. The quantitative estimate of drug-likeness (QED) is 0.656. The Balaban J connectivity index is 1.81. The van der Waals surface area contributed by atoms with E-state index in [2.05, 4.69) is 11.4 Å². The lowest BCUT2D eigenvalue weighted by atomic mass is 9.78. The van der Waals surface area contributed by atoms with E-state index in [1.807, 2.05) is 51.1 Å². The molecule has 1 aliphatic heterocycles. The summed E-state index contributed by atoms with van der Waals surface area (Å²) in [6.07, 6.45) is 3.25. The van der Waals surface area contributed by atoms with Gasteiger partial charge in [0.1, 0.15) is 11.3 Å². The maximum Gasteiger partial charge on any atom is 0.256 e. The molecular formula is C25H28ClNO3. The van der Waals surface area contributed by atoms with Crippen LogP contribution in [-0.2, 0) is 9.53 Å². The third-order valence-corrected chi connectivity index (χ3v) is 6.71. The second-order valence-electron chi connectivity index (χ2n) is 8.37. The first-order valence-corrected chi connectivity index (χ1v) is 11.0. The van der Waals surface area contributed by atoms with Crippen LogP contribution in [0, 0.1) is 13.8 Å². The molecule has 1 fully saturated rings. The van der Waals surface area contributed by atoms with Gasteiger partial charge in [0.15, 0.2) is 0 Å². The van der Waals surface area contributed by atoms with Crippen molar-refractivity contribution in [1.29, 1.82) is 0 Å². The molecule has 0 bridgehead atoms. The number of ether oxygens (including phenoxy) is 1. The van der Waals surface area contributed by atoms with Crippen LogP contribution in [0.3, 0.4) is 0 Å². The summed E-state index contributed by atoms with van der Waals surface area (Å²) in [6.45, 7) is 6.60. The highest BCUT2D eigenvalue weighted by atomic mass is 35.5. The van der Waals surface area contributed by atoms with Gasteiger partial charge in [0.2, 0.25) is 0 Å². The molecule has 0 radical (unpaired) electrons. The minimum Gasteiger partial charge on any atom is -0.509 e. The molecule has 0 aromatic heterocycles. The van der Waals surface area contributed by atoms with Crippen LogP contribution < -0.4 is 5.32 Å². The minimum atomic E-state index is -0.723. The lowest BCUT2D eigenvalue weighted by Crippen LogP contribution is -2.49. The number of benzene rings is 2. The number of rotatable bonds is 4. The Hall–Kier alpha value is -2.30. The van der Waals surface area contributed by atoms with Gasteiger partial charge in [-0.25, -0.2) is 0 Å². The summed E-state index contributed by atoms with van der Waals surface area (Å²) in [6, 6.07) is 11.7. The van der Waals surface area contributed by atoms with Gasteiger partial charge in [-0.05, 0) is 80.0 Å². The van der Waals surface area contributed by atoms with Crippen molar-refractivity contribution in [2.45, 2.75) is 58.1 Å². The Bertz CT molecular complexity index is 1010. The largest absolute Gasteiger partial charge is 0.509 e. The second-order valence-corrected chi connectivity index (χ2v) is 8.81. The average Bonchev–Trinajstić information content (AvgIpc) is 2.93. The number of nitrogens with one attached hydrogen (secondary N) is 1. The molecule has 30 heavy (non-hydrogen) atoms. The van der Waals surface area contributed by atoms with Crippen LogP contribution >= 0.6 is 11.6 Å².